The molecule has 1 fully saturated rings. The Labute approximate surface area is 178 Å². The summed E-state index contributed by atoms with van der Waals surface area (Å²) < 4.78 is 6.14. The Kier molecular flexibility index (Phi) is 5.85. The van der Waals surface area contributed by atoms with Crippen molar-refractivity contribution < 1.29 is 9.53 Å². The third-order valence-corrected chi connectivity index (χ3v) is 7.61. The molecule has 1 aromatic heterocycles. The number of carbonyl (C=O) groups is 1. The van der Waals surface area contributed by atoms with Gasteiger partial charge in [0.05, 0.1) is 17.0 Å². The smallest absolute Gasteiger partial charge is 0.328 e. The summed E-state index contributed by atoms with van der Waals surface area (Å²) in [6.07, 6.45) is 2.82. The van der Waals surface area contributed by atoms with Gasteiger partial charge in [-0.15, -0.1) is 11.8 Å². The van der Waals surface area contributed by atoms with Crippen molar-refractivity contribution in [3.63, 3.8) is 0 Å². The van der Waals surface area contributed by atoms with E-state index in [-0.39, 0.29) is 11.4 Å². The molecule has 28 heavy (non-hydrogen) atoms. The number of thiazole rings is 1. The van der Waals surface area contributed by atoms with Gasteiger partial charge in [-0.25, -0.2) is 9.78 Å². The van der Waals surface area contributed by atoms with Crippen LogP contribution in [0.4, 0.5) is 15.6 Å². The number of rotatable bonds is 5. The first-order valence-corrected chi connectivity index (χ1v) is 11.3. The van der Waals surface area contributed by atoms with E-state index in [9.17, 15) is 4.79 Å². The Morgan fingerprint density at radius 1 is 1.46 bits per heavy atom. The second kappa shape index (κ2) is 8.20. The molecule has 1 atom stereocenters. The van der Waals surface area contributed by atoms with Crippen molar-refractivity contribution >= 4 is 51.5 Å². The standard InChI is InChI=1S/C19H23ClN4O2S2/c1-23-6-5-19(11-23)12-24(15-4-3-13(20)9-14(15)19)18(25)22-17-21-10-16(28-17)27-8-7-26-2/h3-4,9-10H,5-8,11-12H2,1-2H3,(H,21,22,25). The number of thioether (sulfide) groups is 1. The maximum Gasteiger partial charge on any atom is 0.328 e. The summed E-state index contributed by atoms with van der Waals surface area (Å²) in [7, 11) is 3.81. The minimum absolute atomic E-state index is 0.0453. The maximum atomic E-state index is 13.1. The number of likely N-dealkylation sites (N-methyl/N-ethyl adjacent to an activating group) is 1. The molecule has 0 aliphatic carbocycles. The highest BCUT2D eigenvalue weighted by atomic mass is 35.5. The third-order valence-electron chi connectivity index (χ3n) is 5.30. The van der Waals surface area contributed by atoms with Gasteiger partial charge >= 0.3 is 6.03 Å². The van der Waals surface area contributed by atoms with Crippen LogP contribution in [0.25, 0.3) is 0 Å². The zero-order valence-corrected chi connectivity index (χ0v) is 18.3. The first-order chi connectivity index (χ1) is 13.5. The third kappa shape index (κ3) is 3.89. The van der Waals surface area contributed by atoms with Crippen LogP contribution in [-0.2, 0) is 10.2 Å². The summed E-state index contributed by atoms with van der Waals surface area (Å²) in [5, 5.41) is 4.30. The number of urea groups is 1. The summed E-state index contributed by atoms with van der Waals surface area (Å²) in [6.45, 7) is 3.31. The SMILES string of the molecule is COCCSc1cnc(NC(=O)N2CC3(CCN(C)C3)c3cc(Cl)ccc32)s1. The van der Waals surface area contributed by atoms with Crippen LogP contribution < -0.4 is 10.2 Å². The monoisotopic (exact) mass is 438 g/mol. The van der Waals surface area contributed by atoms with E-state index < -0.39 is 0 Å². The average molecular weight is 439 g/mol. The van der Waals surface area contributed by atoms with E-state index in [4.69, 9.17) is 16.3 Å². The number of hydrogen-bond acceptors (Lipinski definition) is 6. The van der Waals surface area contributed by atoms with E-state index in [0.717, 1.165) is 35.2 Å². The Bertz CT molecular complexity index is 877. The lowest BCUT2D eigenvalue weighted by Crippen LogP contribution is -2.40. The first-order valence-electron chi connectivity index (χ1n) is 9.15. The topological polar surface area (TPSA) is 57.7 Å². The molecule has 9 heteroatoms. The molecular formula is C19H23ClN4O2S2. The van der Waals surface area contributed by atoms with E-state index in [0.29, 0.717) is 23.3 Å². The van der Waals surface area contributed by atoms with Crippen LogP contribution in [0, 0.1) is 0 Å². The van der Waals surface area contributed by atoms with Crippen LogP contribution in [0.1, 0.15) is 12.0 Å². The highest BCUT2D eigenvalue weighted by molar-refractivity contribution is 8.01. The largest absolute Gasteiger partial charge is 0.384 e. The molecule has 0 saturated carbocycles. The maximum absolute atomic E-state index is 13.1. The molecule has 1 unspecified atom stereocenters. The molecule has 1 N–H and O–H groups in total. The van der Waals surface area contributed by atoms with E-state index in [1.165, 1.54) is 16.9 Å². The molecule has 1 saturated heterocycles. The van der Waals surface area contributed by atoms with Crippen molar-refractivity contribution in [2.24, 2.45) is 0 Å². The summed E-state index contributed by atoms with van der Waals surface area (Å²) in [6, 6.07) is 5.69. The van der Waals surface area contributed by atoms with Gasteiger partial charge in [0.1, 0.15) is 0 Å². The van der Waals surface area contributed by atoms with E-state index in [1.54, 1.807) is 25.1 Å². The molecule has 6 nitrogen and oxygen atoms in total. The number of hydrogen-bond donors (Lipinski definition) is 1. The quantitative estimate of drug-likeness (QED) is 0.561. The lowest BCUT2D eigenvalue weighted by atomic mass is 9.81. The van der Waals surface area contributed by atoms with Crippen LogP contribution in [0.5, 0.6) is 0 Å². The normalized spacial score (nSPS) is 21.5. The molecule has 4 rings (SSSR count). The Morgan fingerprint density at radius 2 is 2.32 bits per heavy atom. The number of likely N-dealkylation sites (tertiary alicyclic amines) is 1. The van der Waals surface area contributed by atoms with Gasteiger partial charge in [0.25, 0.3) is 0 Å². The van der Waals surface area contributed by atoms with Crippen molar-refractivity contribution in [1.29, 1.82) is 0 Å². The van der Waals surface area contributed by atoms with Gasteiger partial charge in [0.2, 0.25) is 0 Å². The molecule has 2 aliphatic heterocycles. The molecular weight excluding hydrogens is 416 g/mol. The number of anilines is 2. The number of halogens is 1. The predicted molar refractivity (Wildman–Crippen MR) is 116 cm³/mol. The molecule has 2 aromatic rings. The van der Waals surface area contributed by atoms with Crippen LogP contribution in [0.15, 0.2) is 28.6 Å². The summed E-state index contributed by atoms with van der Waals surface area (Å²) in [4.78, 5) is 21.6. The molecule has 2 aliphatic rings. The summed E-state index contributed by atoms with van der Waals surface area (Å²) >= 11 is 9.44. The number of benzene rings is 1. The lowest BCUT2D eigenvalue weighted by Gasteiger charge is -2.25. The van der Waals surface area contributed by atoms with Crippen LogP contribution in [0.2, 0.25) is 5.02 Å². The van der Waals surface area contributed by atoms with Gasteiger partial charge in [-0.3, -0.25) is 10.2 Å². The van der Waals surface area contributed by atoms with E-state index in [1.807, 2.05) is 23.1 Å². The number of aromatic nitrogens is 1. The summed E-state index contributed by atoms with van der Waals surface area (Å²) in [5.41, 5.74) is 2.08. The van der Waals surface area contributed by atoms with Gasteiger partial charge in [-0.2, -0.15) is 0 Å². The molecule has 3 heterocycles. The van der Waals surface area contributed by atoms with Crippen LogP contribution >= 0.6 is 34.7 Å². The number of fused-ring (bicyclic) bond motifs is 2. The van der Waals surface area contributed by atoms with Gasteiger partial charge in [0.15, 0.2) is 5.13 Å². The van der Waals surface area contributed by atoms with Crippen LogP contribution in [-0.4, -0.2) is 62.1 Å². The van der Waals surface area contributed by atoms with Gasteiger partial charge in [-0.05, 0) is 43.8 Å². The number of amides is 2. The minimum Gasteiger partial charge on any atom is -0.384 e. The predicted octanol–water partition coefficient (Wildman–Crippen LogP) is 4.16. The van der Waals surface area contributed by atoms with E-state index >= 15 is 0 Å². The molecule has 150 valence electrons. The van der Waals surface area contributed by atoms with Crippen molar-refractivity contribution in [3.05, 3.63) is 35.0 Å². The van der Waals surface area contributed by atoms with Crippen molar-refractivity contribution in [2.45, 2.75) is 16.0 Å². The number of methoxy groups -OCH3 is 1. The lowest BCUT2D eigenvalue weighted by molar-refractivity contribution is 0.218. The Balaban J connectivity index is 1.51. The van der Waals surface area contributed by atoms with Gasteiger partial charge in [-0.1, -0.05) is 22.9 Å². The fraction of sp³-hybridized carbons (Fsp3) is 0.474. The van der Waals surface area contributed by atoms with E-state index in [2.05, 4.69) is 22.2 Å². The molecule has 2 amide bonds. The van der Waals surface area contributed by atoms with Gasteiger partial charge < -0.3 is 9.64 Å². The minimum atomic E-state index is -0.141. The fourth-order valence-electron chi connectivity index (χ4n) is 4.02. The Hall–Kier alpha value is -1.32. The second-order valence-corrected chi connectivity index (χ2v) is 10.1. The molecule has 1 spiro atoms. The average Bonchev–Trinajstić information content (AvgIpc) is 3.35. The van der Waals surface area contributed by atoms with Crippen LogP contribution in [0.3, 0.4) is 0 Å². The summed E-state index contributed by atoms with van der Waals surface area (Å²) in [5.74, 6) is 0.863. The molecule has 1 aromatic carbocycles. The highest BCUT2D eigenvalue weighted by Gasteiger charge is 2.48. The number of carbonyl (C=O) groups excluding carboxylic acids is 1. The highest BCUT2D eigenvalue weighted by Crippen LogP contribution is 2.47. The number of nitrogens with one attached hydrogen (secondary N) is 1. The van der Waals surface area contributed by atoms with Crippen molar-refractivity contribution in [1.82, 2.24) is 9.88 Å². The first kappa shape index (κ1) is 20.0. The van der Waals surface area contributed by atoms with Gasteiger partial charge in [0, 0.05) is 42.1 Å². The molecule has 0 bridgehead atoms. The zero-order valence-electron chi connectivity index (χ0n) is 15.9. The fourth-order valence-corrected chi connectivity index (χ4v) is 6.03. The van der Waals surface area contributed by atoms with Crippen molar-refractivity contribution in [2.75, 3.05) is 56.4 Å². The molecule has 0 radical (unpaired) electrons. The second-order valence-electron chi connectivity index (χ2n) is 7.27. The number of nitrogens with zero attached hydrogens (tertiary/aromatic N) is 3. The Morgan fingerprint density at radius 3 is 3.07 bits per heavy atom. The zero-order chi connectivity index (χ0) is 19.7. The van der Waals surface area contributed by atoms with Crippen molar-refractivity contribution in [3.8, 4) is 0 Å². The number of ether oxygens (including phenoxy) is 1.